The van der Waals surface area contributed by atoms with E-state index in [0.29, 0.717) is 12.4 Å². The van der Waals surface area contributed by atoms with Crippen LogP contribution in [-0.2, 0) is 14.3 Å². The van der Waals surface area contributed by atoms with Gasteiger partial charge < -0.3 is 10.1 Å². The summed E-state index contributed by atoms with van der Waals surface area (Å²) in [5.41, 5.74) is 0. The van der Waals surface area contributed by atoms with Gasteiger partial charge in [0.2, 0.25) is 5.91 Å². The van der Waals surface area contributed by atoms with Gasteiger partial charge in [0.25, 0.3) is 0 Å². The number of carbonyl (C=O) groups excluding carboxylic acids is 2. The molecule has 0 aliphatic heterocycles. The summed E-state index contributed by atoms with van der Waals surface area (Å²) in [5, 5.41) is 2.64. The number of halogens is 1. The summed E-state index contributed by atoms with van der Waals surface area (Å²) >= 11 is 3.26. The van der Waals surface area contributed by atoms with Gasteiger partial charge in [0, 0.05) is 10.7 Å². The fourth-order valence-electron chi connectivity index (χ4n) is 1.36. The predicted octanol–water partition coefficient (Wildman–Crippen LogP) is 1.28. The van der Waals surface area contributed by atoms with Crippen LogP contribution in [0.5, 0.6) is 0 Å². The molecule has 104 valence electrons. The van der Waals surface area contributed by atoms with Crippen molar-refractivity contribution in [3.8, 4) is 0 Å². The molecule has 0 unspecified atom stereocenters. The zero-order chi connectivity index (χ0) is 14.3. The van der Waals surface area contributed by atoms with Gasteiger partial charge in [-0.1, -0.05) is 0 Å². The highest BCUT2D eigenvalue weighted by molar-refractivity contribution is 9.10. The van der Waals surface area contributed by atoms with Gasteiger partial charge >= 0.3 is 5.97 Å². The fraction of sp³-hybridized carbons (Fsp3) is 0.417. The van der Waals surface area contributed by atoms with Crippen molar-refractivity contribution in [1.29, 1.82) is 0 Å². The molecular formula is C12H16BrN3O3. The number of hydrogen-bond donors (Lipinski definition) is 1. The maximum Gasteiger partial charge on any atom is 0.320 e. The van der Waals surface area contributed by atoms with Gasteiger partial charge in [0.05, 0.1) is 19.7 Å². The molecule has 0 radical (unpaired) electrons. The third kappa shape index (κ3) is 6.30. The minimum absolute atomic E-state index is 0.0784. The third-order valence-electron chi connectivity index (χ3n) is 2.11. The van der Waals surface area contributed by atoms with Gasteiger partial charge in [-0.25, -0.2) is 4.98 Å². The van der Waals surface area contributed by atoms with E-state index >= 15 is 0 Å². The number of nitrogens with one attached hydrogen (secondary N) is 1. The number of nitrogens with zero attached hydrogens (tertiary/aromatic N) is 2. The molecule has 7 heteroatoms. The normalized spacial score (nSPS) is 10.3. The SMILES string of the molecule is CCOC(=O)CN(C)CC(=O)Nc1ccc(Br)cn1. The Labute approximate surface area is 120 Å². The molecule has 19 heavy (non-hydrogen) atoms. The van der Waals surface area contributed by atoms with Crippen molar-refractivity contribution < 1.29 is 14.3 Å². The molecule has 1 heterocycles. The standard InChI is InChI=1S/C12H16BrN3O3/c1-3-19-12(18)8-16(2)7-11(17)15-10-5-4-9(13)6-14-10/h4-6H,3,7-8H2,1-2H3,(H,14,15,17). The monoisotopic (exact) mass is 329 g/mol. The first-order chi connectivity index (χ1) is 9.01. The van der Waals surface area contributed by atoms with Gasteiger partial charge in [-0.05, 0) is 42.0 Å². The van der Waals surface area contributed by atoms with Crippen LogP contribution in [0, 0.1) is 0 Å². The fourth-order valence-corrected chi connectivity index (χ4v) is 1.59. The molecule has 0 atom stereocenters. The summed E-state index contributed by atoms with van der Waals surface area (Å²) in [6, 6.07) is 3.47. The average Bonchev–Trinajstić information content (AvgIpc) is 2.32. The van der Waals surface area contributed by atoms with Crippen molar-refractivity contribution in [2.45, 2.75) is 6.92 Å². The van der Waals surface area contributed by atoms with Crippen molar-refractivity contribution in [3.05, 3.63) is 22.8 Å². The summed E-state index contributed by atoms with van der Waals surface area (Å²) in [4.78, 5) is 28.5. The zero-order valence-electron chi connectivity index (χ0n) is 10.9. The molecular weight excluding hydrogens is 314 g/mol. The van der Waals surface area contributed by atoms with E-state index in [1.807, 2.05) is 0 Å². The lowest BCUT2D eigenvalue weighted by Crippen LogP contribution is -2.34. The number of esters is 1. The molecule has 0 aliphatic rings. The van der Waals surface area contributed by atoms with Crippen LogP contribution in [0.2, 0.25) is 0 Å². The lowest BCUT2D eigenvalue weighted by molar-refractivity contribution is -0.144. The van der Waals surface area contributed by atoms with Crippen LogP contribution in [-0.4, -0.2) is 48.5 Å². The number of anilines is 1. The Hall–Kier alpha value is -1.47. The molecule has 0 fully saturated rings. The van der Waals surface area contributed by atoms with Crippen LogP contribution in [0.15, 0.2) is 22.8 Å². The van der Waals surface area contributed by atoms with Gasteiger partial charge in [0.15, 0.2) is 0 Å². The average molecular weight is 330 g/mol. The lowest BCUT2D eigenvalue weighted by Gasteiger charge is -2.14. The molecule has 1 aromatic rings. The summed E-state index contributed by atoms with van der Waals surface area (Å²) in [7, 11) is 1.67. The molecule has 0 aromatic carbocycles. The predicted molar refractivity (Wildman–Crippen MR) is 74.7 cm³/mol. The first-order valence-electron chi connectivity index (χ1n) is 5.77. The quantitative estimate of drug-likeness (QED) is 0.796. The van der Waals surface area contributed by atoms with Crippen LogP contribution in [0.3, 0.4) is 0 Å². The summed E-state index contributed by atoms with van der Waals surface area (Å²) in [6.07, 6.45) is 1.60. The lowest BCUT2D eigenvalue weighted by atomic mass is 10.4. The van der Waals surface area contributed by atoms with Crippen molar-refractivity contribution in [1.82, 2.24) is 9.88 Å². The molecule has 1 amide bonds. The minimum Gasteiger partial charge on any atom is -0.465 e. The van der Waals surface area contributed by atoms with Gasteiger partial charge in [0.1, 0.15) is 5.82 Å². The van der Waals surface area contributed by atoms with Crippen LogP contribution in [0.4, 0.5) is 5.82 Å². The summed E-state index contributed by atoms with van der Waals surface area (Å²) in [5.74, 6) is -0.112. The molecule has 6 nitrogen and oxygen atoms in total. The van der Waals surface area contributed by atoms with Crippen molar-refractivity contribution >= 4 is 33.6 Å². The van der Waals surface area contributed by atoms with Crippen LogP contribution >= 0.6 is 15.9 Å². The summed E-state index contributed by atoms with van der Waals surface area (Å²) in [6.45, 7) is 2.25. The topological polar surface area (TPSA) is 71.5 Å². The first-order valence-corrected chi connectivity index (χ1v) is 6.56. The zero-order valence-corrected chi connectivity index (χ0v) is 12.4. The molecule has 1 aromatic heterocycles. The Balaban J connectivity index is 2.38. The highest BCUT2D eigenvalue weighted by Gasteiger charge is 2.11. The Kier molecular flexibility index (Phi) is 6.44. The van der Waals surface area contributed by atoms with Gasteiger partial charge in [-0.2, -0.15) is 0 Å². The van der Waals surface area contributed by atoms with E-state index in [1.165, 1.54) is 0 Å². The van der Waals surface area contributed by atoms with Crippen LogP contribution in [0.25, 0.3) is 0 Å². The number of carbonyl (C=O) groups is 2. The number of rotatable bonds is 6. The second-order valence-corrected chi connectivity index (χ2v) is 4.80. The van der Waals surface area contributed by atoms with Crippen LogP contribution in [0.1, 0.15) is 6.92 Å². The van der Waals surface area contributed by atoms with Crippen molar-refractivity contribution in [3.63, 3.8) is 0 Å². The molecule has 0 bridgehead atoms. The van der Waals surface area contributed by atoms with E-state index in [0.717, 1.165) is 4.47 Å². The van der Waals surface area contributed by atoms with Crippen molar-refractivity contribution in [2.24, 2.45) is 0 Å². The van der Waals surface area contributed by atoms with E-state index in [4.69, 9.17) is 4.74 Å². The Morgan fingerprint density at radius 2 is 2.16 bits per heavy atom. The molecule has 1 rings (SSSR count). The molecule has 0 spiro atoms. The van der Waals surface area contributed by atoms with E-state index in [-0.39, 0.29) is 25.0 Å². The largest absolute Gasteiger partial charge is 0.465 e. The molecule has 0 saturated heterocycles. The number of likely N-dealkylation sites (N-methyl/N-ethyl adjacent to an activating group) is 1. The molecule has 1 N–H and O–H groups in total. The van der Waals surface area contributed by atoms with Crippen molar-refractivity contribution in [2.75, 3.05) is 32.1 Å². The Morgan fingerprint density at radius 1 is 1.42 bits per heavy atom. The maximum absolute atomic E-state index is 11.7. The Bertz CT molecular complexity index is 436. The van der Waals surface area contributed by atoms with E-state index in [1.54, 1.807) is 37.2 Å². The van der Waals surface area contributed by atoms with E-state index < -0.39 is 0 Å². The number of hydrogen-bond acceptors (Lipinski definition) is 5. The Morgan fingerprint density at radius 3 is 2.74 bits per heavy atom. The number of pyridine rings is 1. The minimum atomic E-state index is -0.348. The number of amides is 1. The smallest absolute Gasteiger partial charge is 0.320 e. The van der Waals surface area contributed by atoms with E-state index in [9.17, 15) is 9.59 Å². The highest BCUT2D eigenvalue weighted by atomic mass is 79.9. The van der Waals surface area contributed by atoms with Gasteiger partial charge in [-0.15, -0.1) is 0 Å². The van der Waals surface area contributed by atoms with Crippen LogP contribution < -0.4 is 5.32 Å². The number of aromatic nitrogens is 1. The second kappa shape index (κ2) is 7.85. The maximum atomic E-state index is 11.7. The molecule has 0 saturated carbocycles. The summed E-state index contributed by atoms with van der Waals surface area (Å²) < 4.78 is 5.63. The number of ether oxygens (including phenoxy) is 1. The third-order valence-corrected chi connectivity index (χ3v) is 2.58. The van der Waals surface area contributed by atoms with E-state index in [2.05, 4.69) is 26.2 Å². The first kappa shape index (κ1) is 15.6. The van der Waals surface area contributed by atoms with Gasteiger partial charge in [-0.3, -0.25) is 14.5 Å². The highest BCUT2D eigenvalue weighted by Crippen LogP contribution is 2.10. The second-order valence-electron chi connectivity index (χ2n) is 3.89. The molecule has 0 aliphatic carbocycles.